The lowest BCUT2D eigenvalue weighted by Crippen LogP contribution is -3.15. The Morgan fingerprint density at radius 2 is 1.91 bits per heavy atom. The third kappa shape index (κ3) is 2.58. The van der Waals surface area contributed by atoms with Gasteiger partial charge in [0.05, 0.1) is 23.7 Å². The van der Waals surface area contributed by atoms with Crippen molar-refractivity contribution in [3.8, 4) is 0 Å². The third-order valence-electron chi connectivity index (χ3n) is 5.37. The van der Waals surface area contributed by atoms with Crippen LogP contribution in [-0.4, -0.2) is 17.6 Å². The normalized spacial score (nSPS) is 22.2. The smallest absolute Gasteiger partial charge is 0.198 e. The molecule has 1 aromatic carbocycles. The second kappa shape index (κ2) is 5.88. The first-order chi connectivity index (χ1) is 10.5. The Hall–Kier alpha value is -1.61. The Kier molecular flexibility index (Phi) is 4.09. The minimum Gasteiger partial charge on any atom is -0.358 e. The Balaban J connectivity index is 2.10. The van der Waals surface area contributed by atoms with E-state index in [-0.39, 0.29) is 5.43 Å². The summed E-state index contributed by atoms with van der Waals surface area (Å²) in [7, 11) is 0. The molecule has 22 heavy (non-hydrogen) atoms. The van der Waals surface area contributed by atoms with E-state index in [2.05, 4.69) is 31.0 Å². The van der Waals surface area contributed by atoms with Crippen molar-refractivity contribution < 1.29 is 4.90 Å². The van der Waals surface area contributed by atoms with Gasteiger partial charge in [0.25, 0.3) is 0 Å². The summed E-state index contributed by atoms with van der Waals surface area (Å²) in [6, 6.07) is 4.80. The van der Waals surface area contributed by atoms with E-state index in [9.17, 15) is 4.79 Å². The van der Waals surface area contributed by atoms with Gasteiger partial charge in [-0.3, -0.25) is 4.79 Å². The summed E-state index contributed by atoms with van der Waals surface area (Å²) >= 11 is 0. The van der Waals surface area contributed by atoms with Gasteiger partial charge in [0.15, 0.2) is 5.43 Å². The lowest BCUT2D eigenvalue weighted by molar-refractivity contribution is -0.942. The van der Waals surface area contributed by atoms with E-state index in [0.717, 1.165) is 39.8 Å². The molecule has 0 amide bonds. The number of aryl methyl sites for hydroxylation is 3. The number of quaternary nitrogens is 1. The number of pyridine rings is 1. The van der Waals surface area contributed by atoms with Crippen LogP contribution in [0.5, 0.6) is 0 Å². The molecule has 0 radical (unpaired) electrons. The van der Waals surface area contributed by atoms with Crippen LogP contribution in [-0.2, 0) is 6.54 Å². The van der Waals surface area contributed by atoms with Crippen molar-refractivity contribution in [2.24, 2.45) is 0 Å². The van der Waals surface area contributed by atoms with Gasteiger partial charge < -0.3 is 9.88 Å². The first-order valence-corrected chi connectivity index (χ1v) is 8.45. The topological polar surface area (TPSA) is 37.3 Å². The average molecular weight is 299 g/mol. The molecule has 0 spiro atoms. The lowest BCUT2D eigenvalue weighted by Gasteiger charge is -2.30. The highest BCUT2D eigenvalue weighted by Crippen LogP contribution is 2.19. The van der Waals surface area contributed by atoms with Gasteiger partial charge in [-0.2, -0.15) is 0 Å². The Bertz CT molecular complexity index is 760. The number of hydrogen-bond donors (Lipinski definition) is 2. The molecule has 2 heterocycles. The van der Waals surface area contributed by atoms with Gasteiger partial charge in [-0.05, 0) is 58.1 Å². The molecular formula is C19H27N2O+. The van der Waals surface area contributed by atoms with Gasteiger partial charge in [-0.1, -0.05) is 12.1 Å². The molecule has 2 atom stereocenters. The summed E-state index contributed by atoms with van der Waals surface area (Å²) < 4.78 is 0. The molecule has 1 saturated heterocycles. The molecule has 1 aliphatic heterocycles. The highest BCUT2D eigenvalue weighted by molar-refractivity contribution is 5.85. The van der Waals surface area contributed by atoms with E-state index in [4.69, 9.17) is 0 Å². The molecule has 1 aromatic heterocycles. The molecule has 0 saturated carbocycles. The molecule has 3 heteroatoms. The quantitative estimate of drug-likeness (QED) is 0.878. The monoisotopic (exact) mass is 299 g/mol. The number of rotatable bonds is 2. The van der Waals surface area contributed by atoms with Crippen molar-refractivity contribution in [3.05, 3.63) is 44.7 Å². The van der Waals surface area contributed by atoms with E-state index in [1.807, 2.05) is 13.8 Å². The van der Waals surface area contributed by atoms with Crippen LogP contribution in [0.3, 0.4) is 0 Å². The second-order valence-electron chi connectivity index (χ2n) is 6.99. The van der Waals surface area contributed by atoms with Crippen LogP contribution in [0.25, 0.3) is 10.9 Å². The van der Waals surface area contributed by atoms with Gasteiger partial charge in [0.2, 0.25) is 0 Å². The molecular weight excluding hydrogens is 272 g/mol. The minimum atomic E-state index is 0.234. The van der Waals surface area contributed by atoms with Gasteiger partial charge in [-0.25, -0.2) is 0 Å². The Morgan fingerprint density at radius 3 is 2.64 bits per heavy atom. The van der Waals surface area contributed by atoms with E-state index < -0.39 is 0 Å². The number of aromatic amines is 1. The zero-order valence-electron chi connectivity index (χ0n) is 14.2. The SMILES string of the molecule is Cc1[nH]c2c(C)ccc(C)c2c(=O)c1C[NH+]1CCCCC1C. The third-order valence-corrected chi connectivity index (χ3v) is 5.37. The molecule has 1 aliphatic rings. The number of benzene rings is 1. The maximum Gasteiger partial charge on any atom is 0.198 e. The van der Waals surface area contributed by atoms with Crippen LogP contribution in [0.15, 0.2) is 16.9 Å². The van der Waals surface area contributed by atoms with E-state index in [1.54, 1.807) is 4.90 Å². The van der Waals surface area contributed by atoms with Gasteiger partial charge >= 0.3 is 0 Å². The summed E-state index contributed by atoms with van der Waals surface area (Å²) in [5.41, 5.74) is 5.47. The highest BCUT2D eigenvalue weighted by Gasteiger charge is 2.24. The first-order valence-electron chi connectivity index (χ1n) is 8.45. The van der Waals surface area contributed by atoms with Gasteiger partial charge in [0, 0.05) is 11.1 Å². The maximum atomic E-state index is 13.1. The fourth-order valence-corrected chi connectivity index (χ4v) is 3.80. The summed E-state index contributed by atoms with van der Waals surface area (Å²) in [5, 5.41) is 0.879. The van der Waals surface area contributed by atoms with Crippen molar-refractivity contribution >= 4 is 10.9 Å². The van der Waals surface area contributed by atoms with Crippen LogP contribution in [0, 0.1) is 20.8 Å². The molecule has 2 unspecified atom stereocenters. The summed E-state index contributed by atoms with van der Waals surface area (Å²) in [6.45, 7) is 10.5. The average Bonchev–Trinajstić information content (AvgIpc) is 2.49. The Morgan fingerprint density at radius 1 is 1.18 bits per heavy atom. The van der Waals surface area contributed by atoms with E-state index in [0.29, 0.717) is 6.04 Å². The number of nitrogens with one attached hydrogen (secondary N) is 2. The van der Waals surface area contributed by atoms with Crippen LogP contribution in [0.1, 0.15) is 48.6 Å². The minimum absolute atomic E-state index is 0.234. The lowest BCUT2D eigenvalue weighted by atomic mass is 9.99. The number of fused-ring (bicyclic) bond motifs is 1. The van der Waals surface area contributed by atoms with Crippen LogP contribution < -0.4 is 10.3 Å². The number of piperidine rings is 1. The number of likely N-dealkylation sites (tertiary alicyclic amines) is 1. The molecule has 3 rings (SSSR count). The van der Waals surface area contributed by atoms with E-state index >= 15 is 0 Å². The van der Waals surface area contributed by atoms with Crippen LogP contribution >= 0.6 is 0 Å². The van der Waals surface area contributed by atoms with Crippen LogP contribution in [0.4, 0.5) is 0 Å². The number of H-pyrrole nitrogens is 1. The second-order valence-corrected chi connectivity index (χ2v) is 6.99. The first kappa shape index (κ1) is 15.3. The largest absolute Gasteiger partial charge is 0.358 e. The summed E-state index contributed by atoms with van der Waals surface area (Å²) in [6.07, 6.45) is 3.89. The Labute approximate surface area is 132 Å². The summed E-state index contributed by atoms with van der Waals surface area (Å²) in [4.78, 5) is 18.1. The van der Waals surface area contributed by atoms with Gasteiger partial charge in [-0.15, -0.1) is 0 Å². The maximum absolute atomic E-state index is 13.1. The number of hydrogen-bond acceptors (Lipinski definition) is 1. The highest BCUT2D eigenvalue weighted by atomic mass is 16.1. The molecule has 1 fully saturated rings. The predicted molar refractivity (Wildman–Crippen MR) is 91.6 cm³/mol. The van der Waals surface area contributed by atoms with Crippen molar-refractivity contribution in [3.63, 3.8) is 0 Å². The fraction of sp³-hybridized carbons (Fsp3) is 0.526. The molecule has 2 N–H and O–H groups in total. The van der Waals surface area contributed by atoms with E-state index in [1.165, 1.54) is 25.8 Å². The van der Waals surface area contributed by atoms with Crippen molar-refractivity contribution in [1.82, 2.24) is 4.98 Å². The molecule has 2 aromatic rings. The van der Waals surface area contributed by atoms with Crippen molar-refractivity contribution in [1.29, 1.82) is 0 Å². The zero-order chi connectivity index (χ0) is 15.9. The van der Waals surface area contributed by atoms with Gasteiger partial charge in [0.1, 0.15) is 6.54 Å². The van der Waals surface area contributed by atoms with Crippen molar-refractivity contribution in [2.75, 3.05) is 6.54 Å². The zero-order valence-corrected chi connectivity index (χ0v) is 14.2. The van der Waals surface area contributed by atoms with Crippen molar-refractivity contribution in [2.45, 2.75) is 59.5 Å². The molecule has 0 aliphatic carbocycles. The molecule has 118 valence electrons. The van der Waals surface area contributed by atoms with Crippen LogP contribution in [0.2, 0.25) is 0 Å². The number of aromatic nitrogens is 1. The molecule has 3 nitrogen and oxygen atoms in total. The summed E-state index contributed by atoms with van der Waals surface area (Å²) in [5.74, 6) is 0. The predicted octanol–water partition coefficient (Wildman–Crippen LogP) is 2.41. The molecule has 0 bridgehead atoms. The standard InChI is InChI=1S/C19H26N2O/c1-12-8-9-13(2)18-17(12)19(22)16(15(4)20-18)11-21-10-6-5-7-14(21)3/h8-9,14H,5-7,10-11H2,1-4H3,(H,20,22)/p+1. The fourth-order valence-electron chi connectivity index (χ4n) is 3.80.